The lowest BCUT2D eigenvalue weighted by molar-refractivity contribution is -0.122. The van der Waals surface area contributed by atoms with Crippen LogP contribution in [0, 0.1) is 5.41 Å². The summed E-state index contributed by atoms with van der Waals surface area (Å²) in [5.74, 6) is -0.0872. The van der Waals surface area contributed by atoms with Crippen LogP contribution in [0.15, 0.2) is 60.9 Å². The van der Waals surface area contributed by atoms with Gasteiger partial charge in [0.1, 0.15) is 11.9 Å². The van der Waals surface area contributed by atoms with E-state index in [9.17, 15) is 9.59 Å². The lowest BCUT2D eigenvalue weighted by atomic mass is 10.0. The summed E-state index contributed by atoms with van der Waals surface area (Å²) in [6, 6.07) is 12.1. The average Bonchev–Trinajstić information content (AvgIpc) is 2.89. The Labute approximate surface area is 202 Å². The lowest BCUT2D eigenvalue weighted by Gasteiger charge is -2.22. The third-order valence-electron chi connectivity index (χ3n) is 5.01. The SMILES string of the molecule is COc1cc(C(Nc2ccc(C(=N)N)cc2)C(=O)NNC(=O)c2cccnc2)cc(OC)c1OC. The van der Waals surface area contributed by atoms with Crippen LogP contribution in [0.4, 0.5) is 5.69 Å². The number of hydrogen-bond acceptors (Lipinski definition) is 8. The number of amidine groups is 1. The molecule has 3 aromatic rings. The van der Waals surface area contributed by atoms with Gasteiger partial charge in [0.2, 0.25) is 5.75 Å². The molecule has 2 amide bonds. The zero-order valence-corrected chi connectivity index (χ0v) is 19.4. The molecule has 182 valence electrons. The maximum Gasteiger partial charge on any atom is 0.271 e. The summed E-state index contributed by atoms with van der Waals surface area (Å²) >= 11 is 0. The summed E-state index contributed by atoms with van der Waals surface area (Å²) in [5, 5.41) is 10.7. The molecular formula is C24H26N6O5. The Morgan fingerprint density at radius 3 is 2.11 bits per heavy atom. The second kappa shape index (κ2) is 11.4. The molecule has 1 atom stereocenters. The van der Waals surface area contributed by atoms with E-state index in [-0.39, 0.29) is 11.4 Å². The molecule has 6 N–H and O–H groups in total. The van der Waals surface area contributed by atoms with Crippen LogP contribution in [-0.4, -0.2) is 44.0 Å². The van der Waals surface area contributed by atoms with Gasteiger partial charge in [0.05, 0.1) is 26.9 Å². The molecule has 0 aliphatic carbocycles. The van der Waals surface area contributed by atoms with E-state index >= 15 is 0 Å². The van der Waals surface area contributed by atoms with Gasteiger partial charge in [0.15, 0.2) is 11.5 Å². The normalized spacial score (nSPS) is 11.1. The number of nitrogen functional groups attached to an aromatic ring is 1. The third-order valence-corrected chi connectivity index (χ3v) is 5.01. The molecule has 0 aliphatic heterocycles. The first-order valence-electron chi connectivity index (χ1n) is 10.4. The molecule has 35 heavy (non-hydrogen) atoms. The fourth-order valence-electron chi connectivity index (χ4n) is 3.24. The van der Waals surface area contributed by atoms with Crippen molar-refractivity contribution in [3.05, 3.63) is 77.6 Å². The Bertz CT molecular complexity index is 1180. The van der Waals surface area contributed by atoms with E-state index < -0.39 is 17.9 Å². The number of carbonyl (C=O) groups is 2. The molecule has 3 rings (SSSR count). The van der Waals surface area contributed by atoms with Crippen LogP contribution in [-0.2, 0) is 4.79 Å². The van der Waals surface area contributed by atoms with Crippen molar-refractivity contribution in [2.75, 3.05) is 26.6 Å². The van der Waals surface area contributed by atoms with Crippen molar-refractivity contribution in [3.8, 4) is 17.2 Å². The Balaban J connectivity index is 1.92. The number of anilines is 1. The highest BCUT2D eigenvalue weighted by atomic mass is 16.5. The van der Waals surface area contributed by atoms with Crippen molar-refractivity contribution in [3.63, 3.8) is 0 Å². The number of aromatic nitrogens is 1. The molecule has 1 heterocycles. The molecule has 11 nitrogen and oxygen atoms in total. The summed E-state index contributed by atoms with van der Waals surface area (Å²) in [6.07, 6.45) is 2.92. The summed E-state index contributed by atoms with van der Waals surface area (Å²) in [6.45, 7) is 0. The second-order valence-electron chi connectivity index (χ2n) is 7.21. The molecule has 1 unspecified atom stereocenters. The van der Waals surface area contributed by atoms with Gasteiger partial charge in [-0.1, -0.05) is 0 Å². The van der Waals surface area contributed by atoms with Gasteiger partial charge in [0.25, 0.3) is 11.8 Å². The minimum Gasteiger partial charge on any atom is -0.493 e. The van der Waals surface area contributed by atoms with Crippen LogP contribution >= 0.6 is 0 Å². The van der Waals surface area contributed by atoms with Crippen LogP contribution in [0.3, 0.4) is 0 Å². The molecule has 2 aromatic carbocycles. The van der Waals surface area contributed by atoms with E-state index in [1.165, 1.54) is 33.7 Å². The van der Waals surface area contributed by atoms with Crippen molar-refractivity contribution < 1.29 is 23.8 Å². The van der Waals surface area contributed by atoms with Crippen LogP contribution < -0.4 is 36.1 Å². The summed E-state index contributed by atoms with van der Waals surface area (Å²) in [7, 11) is 4.42. The third kappa shape index (κ3) is 5.96. The second-order valence-corrected chi connectivity index (χ2v) is 7.21. The number of ether oxygens (including phenoxy) is 3. The number of amides is 2. The van der Waals surface area contributed by atoms with Crippen molar-refractivity contribution in [1.29, 1.82) is 5.41 Å². The molecule has 0 fully saturated rings. The van der Waals surface area contributed by atoms with E-state index in [0.29, 0.717) is 34.1 Å². The Kier molecular flexibility index (Phi) is 8.06. The largest absolute Gasteiger partial charge is 0.493 e. The lowest BCUT2D eigenvalue weighted by Crippen LogP contribution is -2.45. The number of nitrogens with one attached hydrogen (secondary N) is 4. The molecule has 0 radical (unpaired) electrons. The number of rotatable bonds is 9. The van der Waals surface area contributed by atoms with Gasteiger partial charge < -0.3 is 25.3 Å². The van der Waals surface area contributed by atoms with Gasteiger partial charge >= 0.3 is 0 Å². The first-order valence-corrected chi connectivity index (χ1v) is 10.4. The molecule has 11 heteroatoms. The quantitative estimate of drug-likeness (QED) is 0.177. The smallest absolute Gasteiger partial charge is 0.271 e. The monoisotopic (exact) mass is 478 g/mol. The topological polar surface area (TPSA) is 161 Å². The van der Waals surface area contributed by atoms with Crippen LogP contribution in [0.25, 0.3) is 0 Å². The first-order chi connectivity index (χ1) is 16.9. The van der Waals surface area contributed by atoms with Gasteiger partial charge in [-0.3, -0.25) is 30.8 Å². The van der Waals surface area contributed by atoms with E-state index in [4.69, 9.17) is 25.4 Å². The van der Waals surface area contributed by atoms with E-state index in [0.717, 1.165) is 0 Å². The summed E-state index contributed by atoms with van der Waals surface area (Å²) < 4.78 is 16.2. The van der Waals surface area contributed by atoms with Crippen molar-refractivity contribution in [2.45, 2.75) is 6.04 Å². The number of nitrogens with two attached hydrogens (primary N) is 1. The zero-order valence-electron chi connectivity index (χ0n) is 19.4. The summed E-state index contributed by atoms with van der Waals surface area (Å²) in [5.41, 5.74) is 12.2. The van der Waals surface area contributed by atoms with Crippen LogP contribution in [0.5, 0.6) is 17.2 Å². The molecule has 0 spiro atoms. The van der Waals surface area contributed by atoms with Crippen molar-refractivity contribution in [2.24, 2.45) is 5.73 Å². The predicted octanol–water partition coefficient (Wildman–Crippen LogP) is 2.01. The number of nitrogens with zero attached hydrogens (tertiary/aromatic N) is 1. The minimum absolute atomic E-state index is 0.0754. The molecule has 0 aliphatic rings. The van der Waals surface area contributed by atoms with Gasteiger partial charge in [-0.2, -0.15) is 0 Å². The molecule has 0 saturated carbocycles. The summed E-state index contributed by atoms with van der Waals surface area (Å²) in [4.78, 5) is 29.5. The van der Waals surface area contributed by atoms with Gasteiger partial charge in [-0.25, -0.2) is 0 Å². The van der Waals surface area contributed by atoms with E-state index in [1.807, 2.05) is 0 Å². The van der Waals surface area contributed by atoms with Gasteiger partial charge in [-0.15, -0.1) is 0 Å². The average molecular weight is 479 g/mol. The number of hydrogen-bond donors (Lipinski definition) is 5. The standard InChI is InChI=1S/C24H26N6O5/c1-33-18-11-16(12-19(34-2)21(18)35-3)20(28-17-8-6-14(7-9-17)22(25)26)24(32)30-29-23(31)15-5-4-10-27-13-15/h4-13,20,28H,1-3H3,(H3,25,26)(H,29,31)(H,30,32). The van der Waals surface area contributed by atoms with Gasteiger partial charge in [0, 0.05) is 23.6 Å². The van der Waals surface area contributed by atoms with E-state index in [1.54, 1.807) is 48.5 Å². The first kappa shape index (κ1) is 24.8. The van der Waals surface area contributed by atoms with Crippen molar-refractivity contribution in [1.82, 2.24) is 15.8 Å². The number of methoxy groups -OCH3 is 3. The Morgan fingerprint density at radius 1 is 0.943 bits per heavy atom. The highest BCUT2D eigenvalue weighted by molar-refractivity contribution is 5.96. The Morgan fingerprint density at radius 2 is 1.60 bits per heavy atom. The van der Waals surface area contributed by atoms with Gasteiger partial charge in [-0.05, 0) is 54.1 Å². The molecule has 1 aromatic heterocycles. The number of hydrazine groups is 1. The fourth-order valence-corrected chi connectivity index (χ4v) is 3.24. The van der Waals surface area contributed by atoms with Crippen LogP contribution in [0.2, 0.25) is 0 Å². The number of carbonyl (C=O) groups excluding carboxylic acids is 2. The van der Waals surface area contributed by atoms with E-state index in [2.05, 4.69) is 21.2 Å². The maximum atomic E-state index is 13.2. The maximum absolute atomic E-state index is 13.2. The molecule has 0 saturated heterocycles. The molecule has 0 bridgehead atoms. The predicted molar refractivity (Wildman–Crippen MR) is 130 cm³/mol. The minimum atomic E-state index is -0.985. The highest BCUT2D eigenvalue weighted by Gasteiger charge is 2.25. The number of pyridine rings is 1. The van der Waals surface area contributed by atoms with Crippen LogP contribution in [0.1, 0.15) is 27.5 Å². The highest BCUT2D eigenvalue weighted by Crippen LogP contribution is 2.40. The molecular weight excluding hydrogens is 452 g/mol. The fraction of sp³-hybridized carbons (Fsp3) is 0.167. The van der Waals surface area contributed by atoms with Crippen molar-refractivity contribution >= 4 is 23.3 Å². The number of benzene rings is 2. The zero-order chi connectivity index (χ0) is 25.4. The Hall–Kier alpha value is -4.80.